The average Bonchev–Trinajstić information content (AvgIpc) is 2.61. The lowest BCUT2D eigenvalue weighted by Crippen LogP contribution is -2.21. The van der Waals surface area contributed by atoms with Gasteiger partial charge in [0.05, 0.1) is 5.69 Å². The Morgan fingerprint density at radius 1 is 0.826 bits per heavy atom. The zero-order valence-electron chi connectivity index (χ0n) is 12.9. The van der Waals surface area contributed by atoms with E-state index in [0.29, 0.717) is 0 Å². The highest BCUT2D eigenvalue weighted by Crippen LogP contribution is 2.50. The van der Waals surface area contributed by atoms with Gasteiger partial charge in [-0.15, -0.1) is 0 Å². The van der Waals surface area contributed by atoms with Crippen LogP contribution in [0.3, 0.4) is 0 Å². The van der Waals surface area contributed by atoms with E-state index in [1.54, 1.807) is 11.1 Å². The molecule has 1 aromatic heterocycles. The standard InChI is InChI=1S/C21H18BrN/c22-18-3-1-2-15(8-18)21-11-16-9-19-13-4-6-14(7-5-13)20(19)10-17(16)12-23-21/h1-3,8-14H,4-7H2. The second-order valence-corrected chi connectivity index (χ2v) is 7.87. The number of fused-ring (bicyclic) bond motifs is 3. The van der Waals surface area contributed by atoms with Crippen LogP contribution in [0.25, 0.3) is 22.0 Å². The highest BCUT2D eigenvalue weighted by Gasteiger charge is 2.32. The SMILES string of the molecule is Brc1cccc(-c2cc3cc4c(cc3cn2)C2CCC4CC2)c1. The Hall–Kier alpha value is -1.67. The van der Waals surface area contributed by atoms with E-state index in [2.05, 4.69) is 58.4 Å². The third-order valence-corrected chi connectivity index (χ3v) is 6.14. The maximum atomic E-state index is 4.71. The molecule has 1 fully saturated rings. The maximum absolute atomic E-state index is 4.71. The van der Waals surface area contributed by atoms with Crippen molar-refractivity contribution in [3.63, 3.8) is 0 Å². The number of nitrogens with zero attached hydrogens (tertiary/aromatic N) is 1. The van der Waals surface area contributed by atoms with Gasteiger partial charge < -0.3 is 0 Å². The van der Waals surface area contributed by atoms with Crippen molar-refractivity contribution in [1.29, 1.82) is 0 Å². The lowest BCUT2D eigenvalue weighted by atomic mass is 9.66. The lowest BCUT2D eigenvalue weighted by molar-refractivity contribution is 0.359. The molecule has 2 bridgehead atoms. The fraction of sp³-hybridized carbons (Fsp3) is 0.286. The van der Waals surface area contributed by atoms with Crippen molar-refractivity contribution in [3.8, 4) is 11.3 Å². The molecule has 23 heavy (non-hydrogen) atoms. The number of rotatable bonds is 1. The van der Waals surface area contributed by atoms with Crippen LogP contribution in [0.15, 0.2) is 53.1 Å². The molecule has 3 aliphatic carbocycles. The second-order valence-electron chi connectivity index (χ2n) is 6.96. The third-order valence-electron chi connectivity index (χ3n) is 5.65. The lowest BCUT2D eigenvalue weighted by Gasteiger charge is -2.38. The van der Waals surface area contributed by atoms with Crippen molar-refractivity contribution < 1.29 is 0 Å². The van der Waals surface area contributed by atoms with Crippen molar-refractivity contribution in [1.82, 2.24) is 4.98 Å². The van der Waals surface area contributed by atoms with E-state index >= 15 is 0 Å². The number of halogens is 1. The summed E-state index contributed by atoms with van der Waals surface area (Å²) in [5.74, 6) is 1.59. The molecule has 0 N–H and O–H groups in total. The predicted octanol–water partition coefficient (Wildman–Crippen LogP) is 6.42. The highest BCUT2D eigenvalue weighted by molar-refractivity contribution is 9.10. The fourth-order valence-electron chi connectivity index (χ4n) is 4.46. The zero-order chi connectivity index (χ0) is 15.4. The Labute approximate surface area is 144 Å². The molecule has 2 aromatic carbocycles. The molecule has 0 aliphatic heterocycles. The maximum Gasteiger partial charge on any atom is 0.0708 e. The quantitative estimate of drug-likeness (QED) is 0.486. The van der Waals surface area contributed by atoms with E-state index < -0.39 is 0 Å². The molecular weight excluding hydrogens is 346 g/mol. The van der Waals surface area contributed by atoms with Crippen LogP contribution in [0.4, 0.5) is 0 Å². The van der Waals surface area contributed by atoms with Crippen LogP contribution >= 0.6 is 15.9 Å². The molecule has 1 nitrogen and oxygen atoms in total. The molecule has 1 saturated carbocycles. The Morgan fingerprint density at radius 2 is 1.52 bits per heavy atom. The summed E-state index contributed by atoms with van der Waals surface area (Å²) in [4.78, 5) is 4.71. The minimum absolute atomic E-state index is 0.793. The molecule has 114 valence electrons. The van der Waals surface area contributed by atoms with E-state index in [9.17, 15) is 0 Å². The molecule has 3 aliphatic rings. The van der Waals surface area contributed by atoms with Gasteiger partial charge in [-0.3, -0.25) is 4.98 Å². The molecule has 2 heteroatoms. The Bertz CT molecular complexity index is 907. The fourth-order valence-corrected chi connectivity index (χ4v) is 4.86. The van der Waals surface area contributed by atoms with E-state index in [0.717, 1.165) is 22.0 Å². The summed E-state index contributed by atoms with van der Waals surface area (Å²) in [5.41, 5.74) is 5.45. The van der Waals surface area contributed by atoms with Crippen LogP contribution in [0.1, 0.15) is 48.6 Å². The topological polar surface area (TPSA) is 12.9 Å². The summed E-state index contributed by atoms with van der Waals surface area (Å²) < 4.78 is 1.10. The summed E-state index contributed by atoms with van der Waals surface area (Å²) in [6, 6.07) is 15.5. The molecule has 0 spiro atoms. The van der Waals surface area contributed by atoms with Gasteiger partial charge in [0.15, 0.2) is 0 Å². The van der Waals surface area contributed by atoms with Crippen molar-refractivity contribution in [2.45, 2.75) is 37.5 Å². The van der Waals surface area contributed by atoms with Crippen molar-refractivity contribution in [3.05, 3.63) is 64.3 Å². The molecule has 0 atom stereocenters. The van der Waals surface area contributed by atoms with Crippen molar-refractivity contribution in [2.75, 3.05) is 0 Å². The van der Waals surface area contributed by atoms with E-state index in [1.165, 1.54) is 42.0 Å². The number of hydrogen-bond acceptors (Lipinski definition) is 1. The monoisotopic (exact) mass is 363 g/mol. The minimum atomic E-state index is 0.793. The molecule has 0 radical (unpaired) electrons. The third kappa shape index (κ3) is 2.23. The molecule has 6 rings (SSSR count). The van der Waals surface area contributed by atoms with Crippen LogP contribution in [0.2, 0.25) is 0 Å². The summed E-state index contributed by atoms with van der Waals surface area (Å²) in [5, 5.41) is 2.62. The van der Waals surface area contributed by atoms with Crippen molar-refractivity contribution >= 4 is 26.7 Å². The first-order valence-corrected chi connectivity index (χ1v) is 9.27. The summed E-state index contributed by atoms with van der Waals surface area (Å²) in [6.07, 6.45) is 7.58. The first kappa shape index (κ1) is 13.7. The Morgan fingerprint density at radius 3 is 2.22 bits per heavy atom. The van der Waals surface area contributed by atoms with Crippen molar-refractivity contribution in [2.24, 2.45) is 0 Å². The minimum Gasteiger partial charge on any atom is -0.256 e. The molecule has 0 amide bonds. The van der Waals surface area contributed by atoms with Crippen LogP contribution in [0, 0.1) is 0 Å². The predicted molar refractivity (Wildman–Crippen MR) is 98.8 cm³/mol. The highest BCUT2D eigenvalue weighted by atomic mass is 79.9. The number of aromatic nitrogens is 1. The molecule has 0 saturated heterocycles. The van der Waals surface area contributed by atoms with Crippen LogP contribution in [0.5, 0.6) is 0 Å². The first-order chi connectivity index (χ1) is 11.3. The summed E-state index contributed by atoms with van der Waals surface area (Å²) >= 11 is 3.55. The van der Waals surface area contributed by atoms with Gasteiger partial charge in [-0.1, -0.05) is 34.1 Å². The van der Waals surface area contributed by atoms with Crippen LogP contribution in [-0.2, 0) is 0 Å². The van der Waals surface area contributed by atoms with E-state index in [4.69, 9.17) is 4.98 Å². The van der Waals surface area contributed by atoms with E-state index in [1.807, 2.05) is 6.20 Å². The molecule has 3 aromatic rings. The zero-order valence-corrected chi connectivity index (χ0v) is 14.5. The van der Waals surface area contributed by atoms with Crippen LogP contribution < -0.4 is 0 Å². The number of hydrogen-bond donors (Lipinski definition) is 0. The Kier molecular flexibility index (Phi) is 3.09. The number of pyridine rings is 1. The molecule has 1 heterocycles. The summed E-state index contributed by atoms with van der Waals surface area (Å²) in [7, 11) is 0. The average molecular weight is 364 g/mol. The molecule has 0 unspecified atom stereocenters. The Balaban J connectivity index is 1.68. The van der Waals surface area contributed by atoms with Gasteiger partial charge in [-0.2, -0.15) is 0 Å². The van der Waals surface area contributed by atoms with Gasteiger partial charge in [0.25, 0.3) is 0 Å². The largest absolute Gasteiger partial charge is 0.256 e. The van der Waals surface area contributed by atoms with Gasteiger partial charge in [0, 0.05) is 21.6 Å². The summed E-state index contributed by atoms with van der Waals surface area (Å²) in [6.45, 7) is 0. The first-order valence-electron chi connectivity index (χ1n) is 8.47. The van der Waals surface area contributed by atoms with Crippen LogP contribution in [-0.4, -0.2) is 4.98 Å². The smallest absolute Gasteiger partial charge is 0.0708 e. The van der Waals surface area contributed by atoms with Gasteiger partial charge in [-0.05, 0) is 78.3 Å². The van der Waals surface area contributed by atoms with Gasteiger partial charge in [0.2, 0.25) is 0 Å². The van der Waals surface area contributed by atoms with Gasteiger partial charge in [0.1, 0.15) is 0 Å². The molecular formula is C21H18BrN. The van der Waals surface area contributed by atoms with E-state index in [-0.39, 0.29) is 0 Å². The second kappa shape index (κ2) is 5.17. The van der Waals surface area contributed by atoms with Gasteiger partial charge >= 0.3 is 0 Å². The number of benzene rings is 2. The normalized spacial score (nSPS) is 22.3. The van der Waals surface area contributed by atoms with Gasteiger partial charge in [-0.25, -0.2) is 0 Å².